The number of nitrogen functional groups attached to an aromatic ring is 2. The van der Waals surface area contributed by atoms with Gasteiger partial charge in [0, 0.05) is 22.2 Å². The zero-order valence-electron chi connectivity index (χ0n) is 20.9. The van der Waals surface area contributed by atoms with Crippen molar-refractivity contribution in [2.45, 2.75) is 88.9 Å². The van der Waals surface area contributed by atoms with Crippen LogP contribution in [0, 0.1) is 5.41 Å². The number of carbonyl (C=O) groups is 2. The first-order chi connectivity index (χ1) is 16.6. The Labute approximate surface area is 207 Å². The fraction of sp³-hybridized carbons (Fsp3) is 0.517. The number of hydrogen-bond donors (Lipinski definition) is 4. The van der Waals surface area contributed by atoms with Crippen LogP contribution >= 0.6 is 0 Å². The van der Waals surface area contributed by atoms with Crippen LogP contribution in [0.1, 0.15) is 110 Å². The number of rotatable bonds is 6. The average Bonchev–Trinajstić information content (AvgIpc) is 2.84. The third kappa shape index (κ3) is 3.97. The van der Waals surface area contributed by atoms with Crippen molar-refractivity contribution in [3.63, 3.8) is 0 Å². The molecule has 35 heavy (non-hydrogen) atoms. The summed E-state index contributed by atoms with van der Waals surface area (Å²) >= 11 is 0. The summed E-state index contributed by atoms with van der Waals surface area (Å²) in [6.07, 6.45) is 10.9. The molecule has 2 aromatic carbocycles. The summed E-state index contributed by atoms with van der Waals surface area (Å²) in [5.41, 5.74) is 15.1. The van der Waals surface area contributed by atoms with Crippen molar-refractivity contribution in [2.75, 3.05) is 11.5 Å². The zero-order chi connectivity index (χ0) is 25.4. The molecule has 0 aliphatic heterocycles. The Balaban J connectivity index is 1.92. The summed E-state index contributed by atoms with van der Waals surface area (Å²) in [7, 11) is 0. The molecule has 6 heteroatoms. The minimum absolute atomic E-state index is 0.141. The number of anilines is 2. The number of carboxylic acid groups (broad SMARTS) is 2. The van der Waals surface area contributed by atoms with Gasteiger partial charge in [0.25, 0.3) is 0 Å². The molecule has 0 heterocycles. The van der Waals surface area contributed by atoms with Crippen LogP contribution in [0.5, 0.6) is 0 Å². The molecule has 6 N–H and O–H groups in total. The summed E-state index contributed by atoms with van der Waals surface area (Å²) in [5, 5.41) is 19.1. The lowest BCUT2D eigenvalue weighted by Crippen LogP contribution is -2.56. The normalized spacial score (nSPS) is 19.7. The van der Waals surface area contributed by atoms with E-state index in [9.17, 15) is 19.8 Å². The molecule has 2 aliphatic carbocycles. The molecular formula is C29H38N2O4. The average molecular weight is 479 g/mol. The highest BCUT2D eigenvalue weighted by Gasteiger charge is 2.58. The highest BCUT2D eigenvalue weighted by molar-refractivity contribution is 5.94. The first-order valence-corrected chi connectivity index (χ1v) is 12.8. The van der Waals surface area contributed by atoms with Crippen LogP contribution in [0.3, 0.4) is 0 Å². The van der Waals surface area contributed by atoms with Gasteiger partial charge in [-0.05, 0) is 66.5 Å². The molecule has 4 rings (SSSR count). The van der Waals surface area contributed by atoms with Crippen molar-refractivity contribution in [3.8, 4) is 0 Å². The molecule has 2 aromatic rings. The Hall–Kier alpha value is -3.02. The molecule has 0 unspecified atom stereocenters. The Kier molecular flexibility index (Phi) is 6.60. The zero-order valence-corrected chi connectivity index (χ0v) is 20.9. The third-order valence-corrected chi connectivity index (χ3v) is 9.48. The number of hydrogen-bond acceptors (Lipinski definition) is 4. The van der Waals surface area contributed by atoms with Crippen molar-refractivity contribution in [1.29, 1.82) is 0 Å². The summed E-state index contributed by atoms with van der Waals surface area (Å²) in [6.45, 7) is 4.73. The van der Waals surface area contributed by atoms with Crippen LogP contribution in [0.4, 0.5) is 11.4 Å². The third-order valence-electron chi connectivity index (χ3n) is 9.48. The van der Waals surface area contributed by atoms with E-state index >= 15 is 0 Å². The second kappa shape index (κ2) is 9.21. The SMILES string of the molecule is CC(C)(C1(c2ccc(C(=O)O)c(N)c2)CCCCC1)C1(c2ccc(C(=O)O)c(N)c2)CCCCC1. The van der Waals surface area contributed by atoms with E-state index in [2.05, 4.69) is 13.8 Å². The first kappa shape index (κ1) is 25.1. The van der Waals surface area contributed by atoms with E-state index in [1.54, 1.807) is 12.1 Å². The van der Waals surface area contributed by atoms with Crippen LogP contribution in [0.15, 0.2) is 36.4 Å². The molecule has 0 radical (unpaired) electrons. The van der Waals surface area contributed by atoms with Gasteiger partial charge in [0.2, 0.25) is 0 Å². The van der Waals surface area contributed by atoms with Crippen LogP contribution in [0.2, 0.25) is 0 Å². The molecular weight excluding hydrogens is 440 g/mol. The van der Waals surface area contributed by atoms with Crippen molar-refractivity contribution in [3.05, 3.63) is 58.7 Å². The highest BCUT2D eigenvalue weighted by atomic mass is 16.4. The fourth-order valence-corrected chi connectivity index (χ4v) is 7.43. The number of nitrogens with two attached hydrogens (primary N) is 2. The van der Waals surface area contributed by atoms with Crippen LogP contribution in [0.25, 0.3) is 0 Å². The van der Waals surface area contributed by atoms with Crippen LogP contribution in [-0.4, -0.2) is 22.2 Å². The van der Waals surface area contributed by atoms with Gasteiger partial charge in [-0.2, -0.15) is 0 Å². The lowest BCUT2D eigenvalue weighted by atomic mass is 9.43. The molecule has 0 spiro atoms. The molecule has 0 saturated heterocycles. The fourth-order valence-electron chi connectivity index (χ4n) is 7.43. The Bertz CT molecular complexity index is 1040. The monoisotopic (exact) mass is 478 g/mol. The van der Waals surface area contributed by atoms with Crippen molar-refractivity contribution in [2.24, 2.45) is 5.41 Å². The maximum absolute atomic E-state index is 11.6. The van der Waals surface area contributed by atoms with Gasteiger partial charge >= 0.3 is 11.9 Å². The van der Waals surface area contributed by atoms with Crippen molar-refractivity contribution < 1.29 is 19.8 Å². The number of carboxylic acids is 2. The van der Waals surface area contributed by atoms with Crippen LogP contribution in [-0.2, 0) is 10.8 Å². The Morgan fingerprint density at radius 3 is 1.31 bits per heavy atom. The summed E-state index contributed by atoms with van der Waals surface area (Å²) in [6, 6.07) is 11.1. The molecule has 0 atom stereocenters. The number of benzene rings is 2. The molecule has 0 amide bonds. The van der Waals surface area contributed by atoms with Gasteiger partial charge in [-0.1, -0.05) is 64.5 Å². The maximum Gasteiger partial charge on any atom is 0.337 e. The largest absolute Gasteiger partial charge is 0.478 e. The molecule has 2 aliphatic rings. The topological polar surface area (TPSA) is 127 Å². The quantitative estimate of drug-likeness (QED) is 0.357. The van der Waals surface area contributed by atoms with Gasteiger partial charge in [0.1, 0.15) is 0 Å². The van der Waals surface area contributed by atoms with E-state index in [1.807, 2.05) is 24.3 Å². The van der Waals surface area contributed by atoms with Gasteiger partial charge in [0.15, 0.2) is 0 Å². The molecule has 0 bridgehead atoms. The summed E-state index contributed by atoms with van der Waals surface area (Å²) in [4.78, 5) is 23.3. The van der Waals surface area contributed by atoms with E-state index < -0.39 is 11.9 Å². The van der Waals surface area contributed by atoms with Gasteiger partial charge in [0.05, 0.1) is 11.1 Å². The second-order valence-electron chi connectivity index (χ2n) is 11.1. The maximum atomic E-state index is 11.6. The van der Waals surface area contributed by atoms with E-state index in [4.69, 9.17) is 11.5 Å². The molecule has 188 valence electrons. The lowest BCUT2D eigenvalue weighted by Gasteiger charge is -2.61. The summed E-state index contributed by atoms with van der Waals surface area (Å²) < 4.78 is 0. The molecule has 2 saturated carbocycles. The Morgan fingerprint density at radius 1 is 0.686 bits per heavy atom. The van der Waals surface area contributed by atoms with Crippen molar-refractivity contribution in [1.82, 2.24) is 0 Å². The van der Waals surface area contributed by atoms with Crippen LogP contribution < -0.4 is 11.5 Å². The number of aromatic carboxylic acids is 2. The van der Waals surface area contributed by atoms with Crippen molar-refractivity contribution >= 4 is 23.3 Å². The predicted molar refractivity (Wildman–Crippen MR) is 139 cm³/mol. The molecule has 2 fully saturated rings. The Morgan fingerprint density at radius 2 is 1.03 bits per heavy atom. The lowest BCUT2D eigenvalue weighted by molar-refractivity contribution is -0.00401. The van der Waals surface area contributed by atoms with E-state index in [0.29, 0.717) is 11.4 Å². The standard InChI is InChI=1S/C29H38N2O4/c1-27(2,28(13-5-3-6-14-28)19-9-11-21(25(32)33)23(30)17-19)29(15-7-4-8-16-29)20-10-12-22(26(34)35)24(31)18-20/h9-12,17-18H,3-8,13-16,30-31H2,1-2H3,(H,32,33)(H,34,35). The van der Waals surface area contributed by atoms with E-state index in [0.717, 1.165) is 62.5 Å². The van der Waals surface area contributed by atoms with Gasteiger partial charge in [-0.25, -0.2) is 9.59 Å². The van der Waals surface area contributed by atoms with E-state index in [1.165, 1.54) is 12.8 Å². The van der Waals surface area contributed by atoms with E-state index in [-0.39, 0.29) is 27.4 Å². The predicted octanol–water partition coefficient (Wildman–Crippen LogP) is 6.38. The molecule has 0 aromatic heterocycles. The minimum atomic E-state index is -1.01. The minimum Gasteiger partial charge on any atom is -0.478 e. The van der Waals surface area contributed by atoms with Gasteiger partial charge in [-0.15, -0.1) is 0 Å². The summed E-state index contributed by atoms with van der Waals surface area (Å²) in [5.74, 6) is -2.02. The van der Waals surface area contributed by atoms with Gasteiger partial charge < -0.3 is 21.7 Å². The second-order valence-corrected chi connectivity index (χ2v) is 11.1. The smallest absolute Gasteiger partial charge is 0.337 e. The highest BCUT2D eigenvalue weighted by Crippen LogP contribution is 2.64. The van der Waals surface area contributed by atoms with Gasteiger partial charge in [-0.3, -0.25) is 0 Å². The molecule has 6 nitrogen and oxygen atoms in total. The first-order valence-electron chi connectivity index (χ1n) is 12.8.